The normalized spacial score (nSPS) is 17.3. The first-order valence-corrected chi connectivity index (χ1v) is 11.6. The van der Waals surface area contributed by atoms with E-state index in [1.807, 2.05) is 72.8 Å². The molecule has 3 aromatic rings. The van der Waals surface area contributed by atoms with E-state index in [2.05, 4.69) is 27.3 Å². The van der Waals surface area contributed by atoms with Gasteiger partial charge < -0.3 is 10.4 Å². The fourth-order valence-electron chi connectivity index (χ4n) is 4.29. The van der Waals surface area contributed by atoms with Gasteiger partial charge in [-0.05, 0) is 37.9 Å². The van der Waals surface area contributed by atoms with Crippen molar-refractivity contribution in [3.05, 3.63) is 102 Å². The Hall–Kier alpha value is -3.77. The number of likely N-dealkylation sites (tertiary alicyclic amines) is 1. The van der Waals surface area contributed by atoms with E-state index in [9.17, 15) is 14.7 Å². The van der Waals surface area contributed by atoms with E-state index in [0.717, 1.165) is 31.5 Å². The monoisotopic (exact) mass is 455 g/mol. The predicted octanol–water partition coefficient (Wildman–Crippen LogP) is 4.60. The Balaban J connectivity index is 1.61. The predicted molar refractivity (Wildman–Crippen MR) is 134 cm³/mol. The molecule has 1 unspecified atom stereocenters. The number of aliphatic carboxylic acids is 1. The zero-order valence-corrected chi connectivity index (χ0v) is 19.2. The van der Waals surface area contributed by atoms with Gasteiger partial charge in [-0.25, -0.2) is 4.79 Å². The number of carbonyl (C=O) groups excluding carboxylic acids is 1. The number of para-hydroxylation sites is 1. The molecule has 2 atom stereocenters. The van der Waals surface area contributed by atoms with Gasteiger partial charge in [-0.2, -0.15) is 0 Å². The quantitative estimate of drug-likeness (QED) is 0.487. The number of benzene rings is 3. The number of nitrogens with one attached hydrogen (secondary N) is 1. The summed E-state index contributed by atoms with van der Waals surface area (Å²) >= 11 is 0. The van der Waals surface area contributed by atoms with Crippen LogP contribution in [0.5, 0.6) is 0 Å². The molecule has 2 N–H and O–H groups in total. The van der Waals surface area contributed by atoms with Gasteiger partial charge >= 0.3 is 5.97 Å². The number of nitrogens with zero attached hydrogens (tertiary/aromatic N) is 2. The summed E-state index contributed by atoms with van der Waals surface area (Å²) in [4.78, 5) is 31.6. The molecule has 1 heterocycles. The number of carboxylic acids is 1. The van der Waals surface area contributed by atoms with Gasteiger partial charge in [-0.1, -0.05) is 78.9 Å². The summed E-state index contributed by atoms with van der Waals surface area (Å²) in [7, 11) is 0. The zero-order chi connectivity index (χ0) is 23.9. The van der Waals surface area contributed by atoms with Crippen LogP contribution in [-0.2, 0) is 16.1 Å². The van der Waals surface area contributed by atoms with Gasteiger partial charge in [0.15, 0.2) is 0 Å². The first-order valence-electron chi connectivity index (χ1n) is 11.6. The fourth-order valence-corrected chi connectivity index (χ4v) is 4.29. The molecule has 1 amide bonds. The molecule has 0 bridgehead atoms. The third-order valence-corrected chi connectivity index (χ3v) is 6.06. The minimum atomic E-state index is -1.00. The Morgan fingerprint density at radius 1 is 1.00 bits per heavy atom. The molecule has 0 radical (unpaired) electrons. The summed E-state index contributed by atoms with van der Waals surface area (Å²) in [6, 6.07) is 25.9. The number of carbonyl (C=O) groups is 2. The summed E-state index contributed by atoms with van der Waals surface area (Å²) in [6.07, 6.45) is 1.77. The summed E-state index contributed by atoms with van der Waals surface area (Å²) in [5, 5.41) is 12.6. The van der Waals surface area contributed by atoms with Crippen LogP contribution in [-0.4, -0.2) is 46.2 Å². The molecule has 1 aliphatic rings. The SMILES string of the molecule is C[C@@H](N=C(c1ccccc1)c1ccccc1NC(=O)C1CCCN1Cc1ccccc1)C(=O)O. The van der Waals surface area contributed by atoms with Crippen molar-refractivity contribution >= 4 is 23.3 Å². The van der Waals surface area contributed by atoms with Crippen LogP contribution in [0.15, 0.2) is 89.9 Å². The summed E-state index contributed by atoms with van der Waals surface area (Å²) in [5.74, 6) is -1.06. The number of anilines is 1. The highest BCUT2D eigenvalue weighted by atomic mass is 16.4. The molecule has 1 aliphatic heterocycles. The van der Waals surface area contributed by atoms with Crippen molar-refractivity contribution in [2.45, 2.75) is 38.4 Å². The van der Waals surface area contributed by atoms with E-state index in [-0.39, 0.29) is 11.9 Å². The third kappa shape index (κ3) is 5.58. The lowest BCUT2D eigenvalue weighted by molar-refractivity contribution is -0.138. The molecular formula is C28H29N3O3. The number of hydrogen-bond acceptors (Lipinski definition) is 4. The minimum absolute atomic E-state index is 0.0559. The van der Waals surface area contributed by atoms with Crippen molar-refractivity contribution < 1.29 is 14.7 Å². The average Bonchev–Trinajstić information content (AvgIpc) is 3.32. The molecular weight excluding hydrogens is 426 g/mol. The molecule has 6 heteroatoms. The Bertz CT molecular complexity index is 1160. The standard InChI is InChI=1S/C28H29N3O3/c1-20(28(33)34)29-26(22-13-6-3-7-14-22)23-15-8-9-16-24(23)30-27(32)25-17-10-18-31(25)19-21-11-4-2-5-12-21/h2-9,11-16,20,25H,10,17-19H2,1H3,(H,30,32)(H,33,34)/t20-,25?/m1/s1. The van der Waals surface area contributed by atoms with Crippen LogP contribution >= 0.6 is 0 Å². The highest BCUT2D eigenvalue weighted by molar-refractivity contribution is 6.17. The second kappa shape index (κ2) is 10.9. The number of rotatable bonds is 8. The fraction of sp³-hybridized carbons (Fsp3) is 0.250. The molecule has 174 valence electrons. The van der Waals surface area contributed by atoms with Crippen LogP contribution in [0.4, 0.5) is 5.69 Å². The summed E-state index contributed by atoms with van der Waals surface area (Å²) in [6.45, 7) is 3.15. The van der Waals surface area contributed by atoms with E-state index in [4.69, 9.17) is 0 Å². The van der Waals surface area contributed by atoms with E-state index >= 15 is 0 Å². The van der Waals surface area contributed by atoms with Crippen LogP contribution in [0.25, 0.3) is 0 Å². The molecule has 1 saturated heterocycles. The first-order chi connectivity index (χ1) is 16.5. The lowest BCUT2D eigenvalue weighted by Gasteiger charge is -2.24. The molecule has 0 spiro atoms. The van der Waals surface area contributed by atoms with Gasteiger partial charge in [0.2, 0.25) is 5.91 Å². The van der Waals surface area contributed by atoms with Crippen LogP contribution in [0, 0.1) is 0 Å². The van der Waals surface area contributed by atoms with Crippen molar-refractivity contribution in [2.75, 3.05) is 11.9 Å². The maximum absolute atomic E-state index is 13.4. The van der Waals surface area contributed by atoms with Crippen LogP contribution < -0.4 is 5.32 Å². The Labute approximate surface area is 200 Å². The van der Waals surface area contributed by atoms with E-state index < -0.39 is 12.0 Å². The van der Waals surface area contributed by atoms with Gasteiger partial charge in [0, 0.05) is 17.7 Å². The second-order valence-electron chi connectivity index (χ2n) is 8.51. The number of carboxylic acid groups (broad SMARTS) is 1. The van der Waals surface area contributed by atoms with Crippen molar-refractivity contribution in [2.24, 2.45) is 4.99 Å². The largest absolute Gasteiger partial charge is 0.480 e. The van der Waals surface area contributed by atoms with Gasteiger partial charge in [0.05, 0.1) is 17.4 Å². The summed E-state index contributed by atoms with van der Waals surface area (Å²) in [5.41, 5.74) is 3.84. The van der Waals surface area contributed by atoms with E-state index in [1.54, 1.807) is 6.92 Å². The Morgan fingerprint density at radius 2 is 1.65 bits per heavy atom. The first kappa shape index (κ1) is 23.4. The molecule has 0 aliphatic carbocycles. The molecule has 6 nitrogen and oxygen atoms in total. The highest BCUT2D eigenvalue weighted by Crippen LogP contribution is 2.25. The number of aliphatic imine (C=N–C) groups is 1. The van der Waals surface area contributed by atoms with Crippen molar-refractivity contribution in [3.8, 4) is 0 Å². The lowest BCUT2D eigenvalue weighted by Crippen LogP contribution is -2.39. The van der Waals surface area contributed by atoms with Crippen LogP contribution in [0.3, 0.4) is 0 Å². The smallest absolute Gasteiger partial charge is 0.328 e. The molecule has 0 saturated carbocycles. The van der Waals surface area contributed by atoms with Gasteiger partial charge in [0.25, 0.3) is 0 Å². The molecule has 0 aromatic heterocycles. The topological polar surface area (TPSA) is 82.0 Å². The maximum Gasteiger partial charge on any atom is 0.328 e. The highest BCUT2D eigenvalue weighted by Gasteiger charge is 2.31. The average molecular weight is 456 g/mol. The van der Waals surface area contributed by atoms with E-state index in [1.165, 1.54) is 5.56 Å². The molecule has 4 rings (SSSR count). The van der Waals surface area contributed by atoms with Crippen molar-refractivity contribution in [1.82, 2.24) is 4.90 Å². The Kier molecular flexibility index (Phi) is 7.50. The van der Waals surface area contributed by atoms with Crippen LogP contribution in [0.2, 0.25) is 0 Å². The number of hydrogen-bond donors (Lipinski definition) is 2. The van der Waals surface area contributed by atoms with Gasteiger partial charge in [-0.15, -0.1) is 0 Å². The van der Waals surface area contributed by atoms with E-state index in [0.29, 0.717) is 17.0 Å². The molecule has 1 fully saturated rings. The molecule has 3 aromatic carbocycles. The zero-order valence-electron chi connectivity index (χ0n) is 19.2. The second-order valence-corrected chi connectivity index (χ2v) is 8.51. The minimum Gasteiger partial charge on any atom is -0.480 e. The lowest BCUT2D eigenvalue weighted by atomic mass is 9.99. The number of amides is 1. The molecule has 34 heavy (non-hydrogen) atoms. The van der Waals surface area contributed by atoms with Gasteiger partial charge in [-0.3, -0.25) is 14.7 Å². The van der Waals surface area contributed by atoms with Crippen molar-refractivity contribution in [3.63, 3.8) is 0 Å². The van der Waals surface area contributed by atoms with Gasteiger partial charge in [0.1, 0.15) is 6.04 Å². The Morgan fingerprint density at radius 3 is 2.35 bits per heavy atom. The third-order valence-electron chi connectivity index (χ3n) is 6.06. The van der Waals surface area contributed by atoms with Crippen LogP contribution in [0.1, 0.15) is 36.5 Å². The maximum atomic E-state index is 13.4. The van der Waals surface area contributed by atoms with Crippen molar-refractivity contribution in [1.29, 1.82) is 0 Å². The summed E-state index contributed by atoms with van der Waals surface area (Å²) < 4.78 is 0.